The first-order valence-electron chi connectivity index (χ1n) is 9.16. The molecule has 1 unspecified atom stereocenters. The summed E-state index contributed by atoms with van der Waals surface area (Å²) >= 11 is 0. The Kier molecular flexibility index (Phi) is 6.97. The Labute approximate surface area is 159 Å². The van der Waals surface area contributed by atoms with Gasteiger partial charge in [-0.25, -0.2) is 0 Å². The maximum absolute atomic E-state index is 12.9. The molecule has 8 heteroatoms. The van der Waals surface area contributed by atoms with E-state index in [1.165, 1.54) is 17.4 Å². The third-order valence-corrected chi connectivity index (χ3v) is 5.01. The average molecular weight is 385 g/mol. The zero-order valence-electron chi connectivity index (χ0n) is 16.8. The first kappa shape index (κ1) is 21.3. The van der Waals surface area contributed by atoms with Crippen molar-refractivity contribution in [3.63, 3.8) is 0 Å². The van der Waals surface area contributed by atoms with Gasteiger partial charge in [-0.1, -0.05) is 12.1 Å². The highest BCUT2D eigenvalue weighted by atomic mass is 19.4. The summed E-state index contributed by atoms with van der Waals surface area (Å²) in [5, 5.41) is 3.35. The Balaban J connectivity index is 1.96. The smallest absolute Gasteiger partial charge is 0.377 e. The van der Waals surface area contributed by atoms with Crippen LogP contribution in [0.5, 0.6) is 0 Å². The van der Waals surface area contributed by atoms with Crippen molar-refractivity contribution in [2.75, 3.05) is 52.2 Å². The molecule has 0 amide bonds. The van der Waals surface area contributed by atoms with Gasteiger partial charge in [-0.2, -0.15) is 13.2 Å². The van der Waals surface area contributed by atoms with Crippen molar-refractivity contribution in [3.8, 4) is 0 Å². The van der Waals surface area contributed by atoms with E-state index >= 15 is 0 Å². The van der Waals surface area contributed by atoms with Crippen LogP contribution in [0.3, 0.4) is 0 Å². The van der Waals surface area contributed by atoms with E-state index in [1.807, 2.05) is 19.0 Å². The maximum atomic E-state index is 12.9. The molecule has 1 aliphatic rings. The minimum Gasteiger partial charge on any atom is -0.377 e. The standard InChI is InChI=1S/C19H30F3N5/c1-14-6-7-16(17(12-14)25(4)5)13-24-18(23-3)27-10-8-26(9-11-27)15(2)19(20,21)22/h6-7,12,15H,8-11,13H2,1-5H3,(H,23,24). The fraction of sp³-hybridized carbons (Fsp3) is 0.632. The van der Waals surface area contributed by atoms with Crippen LogP contribution < -0.4 is 10.2 Å². The van der Waals surface area contributed by atoms with Crippen molar-refractivity contribution in [1.82, 2.24) is 15.1 Å². The first-order chi connectivity index (χ1) is 12.6. The molecule has 27 heavy (non-hydrogen) atoms. The Hall–Kier alpha value is -1.96. The van der Waals surface area contributed by atoms with Crippen molar-refractivity contribution in [2.45, 2.75) is 32.6 Å². The van der Waals surface area contributed by atoms with Crippen LogP contribution in [0.15, 0.2) is 23.2 Å². The number of aryl methyl sites for hydroxylation is 1. The van der Waals surface area contributed by atoms with Gasteiger partial charge >= 0.3 is 6.18 Å². The number of hydrogen-bond donors (Lipinski definition) is 1. The molecule has 0 aliphatic carbocycles. The molecule has 1 aromatic rings. The number of nitrogens with one attached hydrogen (secondary N) is 1. The molecule has 1 heterocycles. The Morgan fingerprint density at radius 2 is 1.85 bits per heavy atom. The van der Waals surface area contributed by atoms with Crippen LogP contribution in [0, 0.1) is 6.92 Å². The van der Waals surface area contributed by atoms with Crippen LogP contribution in [0.1, 0.15) is 18.1 Å². The van der Waals surface area contributed by atoms with Gasteiger partial charge in [-0.15, -0.1) is 0 Å². The zero-order valence-corrected chi connectivity index (χ0v) is 16.8. The predicted molar refractivity (Wildman–Crippen MR) is 104 cm³/mol. The lowest BCUT2D eigenvalue weighted by molar-refractivity contribution is -0.181. The van der Waals surface area contributed by atoms with E-state index in [0.29, 0.717) is 32.7 Å². The number of alkyl halides is 3. The lowest BCUT2D eigenvalue weighted by atomic mass is 10.1. The average Bonchev–Trinajstić information content (AvgIpc) is 2.62. The van der Waals surface area contributed by atoms with Gasteiger partial charge in [0.2, 0.25) is 0 Å². The molecule has 0 spiro atoms. The number of anilines is 1. The van der Waals surface area contributed by atoms with E-state index in [-0.39, 0.29) is 0 Å². The summed E-state index contributed by atoms with van der Waals surface area (Å²) in [6.07, 6.45) is -4.18. The van der Waals surface area contributed by atoms with Gasteiger partial charge in [0, 0.05) is 59.6 Å². The summed E-state index contributed by atoms with van der Waals surface area (Å²) in [6, 6.07) is 4.89. The molecule has 1 N–H and O–H groups in total. The van der Waals surface area contributed by atoms with Crippen molar-refractivity contribution in [3.05, 3.63) is 29.3 Å². The van der Waals surface area contributed by atoms with E-state index in [0.717, 1.165) is 17.2 Å². The molecule has 1 saturated heterocycles. The monoisotopic (exact) mass is 385 g/mol. The van der Waals surface area contributed by atoms with Gasteiger partial charge in [-0.3, -0.25) is 9.89 Å². The molecule has 0 radical (unpaired) electrons. The molecule has 1 fully saturated rings. The second-order valence-electron chi connectivity index (χ2n) is 7.17. The number of hydrogen-bond acceptors (Lipinski definition) is 3. The van der Waals surface area contributed by atoms with Crippen LogP contribution in [-0.4, -0.2) is 75.3 Å². The van der Waals surface area contributed by atoms with E-state index in [2.05, 4.69) is 40.3 Å². The van der Waals surface area contributed by atoms with Gasteiger partial charge in [0.15, 0.2) is 5.96 Å². The number of rotatable bonds is 4. The summed E-state index contributed by atoms with van der Waals surface area (Å²) in [7, 11) is 5.72. The molecule has 1 aliphatic heterocycles. The second kappa shape index (κ2) is 8.82. The SMILES string of the molecule is CN=C(NCc1ccc(C)cc1N(C)C)N1CCN(C(C)C(F)(F)F)CC1. The number of nitrogens with zero attached hydrogens (tertiary/aromatic N) is 4. The number of benzene rings is 1. The minimum absolute atomic E-state index is 0.370. The second-order valence-corrected chi connectivity index (χ2v) is 7.17. The van der Waals surface area contributed by atoms with E-state index in [4.69, 9.17) is 0 Å². The molecule has 2 rings (SSSR count). The summed E-state index contributed by atoms with van der Waals surface area (Å²) < 4.78 is 38.7. The van der Waals surface area contributed by atoms with Crippen molar-refractivity contribution >= 4 is 11.6 Å². The largest absolute Gasteiger partial charge is 0.403 e. The molecule has 1 atom stereocenters. The first-order valence-corrected chi connectivity index (χ1v) is 9.16. The molecule has 1 aromatic carbocycles. The Morgan fingerprint density at radius 1 is 1.22 bits per heavy atom. The fourth-order valence-electron chi connectivity index (χ4n) is 3.27. The highest BCUT2D eigenvalue weighted by molar-refractivity contribution is 5.80. The Bertz CT molecular complexity index is 649. The van der Waals surface area contributed by atoms with Gasteiger partial charge in [0.05, 0.1) is 0 Å². The molecule has 152 valence electrons. The molecule has 5 nitrogen and oxygen atoms in total. The number of guanidine groups is 1. The van der Waals surface area contributed by atoms with E-state index in [1.54, 1.807) is 7.05 Å². The van der Waals surface area contributed by atoms with Crippen molar-refractivity contribution in [2.24, 2.45) is 4.99 Å². The zero-order chi connectivity index (χ0) is 20.2. The third kappa shape index (κ3) is 5.51. The topological polar surface area (TPSA) is 34.1 Å². The van der Waals surface area contributed by atoms with Crippen LogP contribution in [-0.2, 0) is 6.54 Å². The summed E-state index contributed by atoms with van der Waals surface area (Å²) in [5.41, 5.74) is 3.49. The van der Waals surface area contributed by atoms with E-state index < -0.39 is 12.2 Å². The van der Waals surface area contributed by atoms with Crippen molar-refractivity contribution < 1.29 is 13.2 Å². The normalized spacial score (nSPS) is 17.8. The summed E-state index contributed by atoms with van der Waals surface area (Å²) in [6.45, 7) is 5.68. The van der Waals surface area contributed by atoms with Gasteiger partial charge in [0.1, 0.15) is 6.04 Å². The number of piperazine rings is 1. The molecular weight excluding hydrogens is 355 g/mol. The van der Waals surface area contributed by atoms with Crippen LogP contribution in [0.4, 0.5) is 18.9 Å². The van der Waals surface area contributed by atoms with E-state index in [9.17, 15) is 13.2 Å². The lowest BCUT2D eigenvalue weighted by Crippen LogP contribution is -2.56. The molecular formula is C19H30F3N5. The van der Waals surface area contributed by atoms with Crippen LogP contribution in [0.25, 0.3) is 0 Å². The highest BCUT2D eigenvalue weighted by Crippen LogP contribution is 2.25. The quantitative estimate of drug-likeness (QED) is 0.638. The lowest BCUT2D eigenvalue weighted by Gasteiger charge is -2.39. The summed E-state index contributed by atoms with van der Waals surface area (Å²) in [5.74, 6) is 0.722. The maximum Gasteiger partial charge on any atom is 0.403 e. The third-order valence-electron chi connectivity index (χ3n) is 5.01. The van der Waals surface area contributed by atoms with Gasteiger partial charge < -0.3 is 15.1 Å². The highest BCUT2D eigenvalue weighted by Gasteiger charge is 2.41. The molecule has 0 saturated carbocycles. The van der Waals surface area contributed by atoms with Crippen LogP contribution >= 0.6 is 0 Å². The van der Waals surface area contributed by atoms with Crippen LogP contribution in [0.2, 0.25) is 0 Å². The molecule has 0 bridgehead atoms. The predicted octanol–water partition coefficient (Wildman–Crippen LogP) is 2.70. The minimum atomic E-state index is -4.18. The fourth-order valence-corrected chi connectivity index (χ4v) is 3.27. The Morgan fingerprint density at radius 3 is 2.37 bits per heavy atom. The number of halogens is 3. The molecule has 0 aromatic heterocycles. The van der Waals surface area contributed by atoms with Gasteiger partial charge in [0.25, 0.3) is 0 Å². The summed E-state index contributed by atoms with van der Waals surface area (Å²) in [4.78, 5) is 9.89. The van der Waals surface area contributed by atoms with Crippen molar-refractivity contribution in [1.29, 1.82) is 0 Å². The number of aliphatic imine (C=N–C) groups is 1. The van der Waals surface area contributed by atoms with Gasteiger partial charge in [-0.05, 0) is 31.0 Å².